The van der Waals surface area contributed by atoms with Crippen molar-refractivity contribution in [2.75, 3.05) is 0 Å². The van der Waals surface area contributed by atoms with Gasteiger partial charge in [0.2, 0.25) is 5.78 Å². The second kappa shape index (κ2) is 6.68. The molecule has 0 aliphatic heterocycles. The third kappa shape index (κ3) is 2.61. The van der Waals surface area contributed by atoms with Crippen molar-refractivity contribution in [2.45, 2.75) is 51.4 Å². The SMILES string of the molecule is C=C[C@]1(O[Si](CC)(CC)CC)[C@@H]2C=C[C@H]1[C@@H](C(=O)C=[N+]=[N-])[C@@H]2C. The number of nitrogens with zero attached hydrogens (tertiary/aromatic N) is 2. The first-order chi connectivity index (χ1) is 10.9. The molecular formula is C18H28N2O2Si. The van der Waals surface area contributed by atoms with Crippen molar-refractivity contribution in [3.63, 3.8) is 0 Å². The van der Waals surface area contributed by atoms with Gasteiger partial charge in [0, 0.05) is 17.8 Å². The van der Waals surface area contributed by atoms with Gasteiger partial charge in [0.25, 0.3) is 0 Å². The minimum atomic E-state index is -1.84. The van der Waals surface area contributed by atoms with Gasteiger partial charge in [-0.05, 0) is 24.1 Å². The third-order valence-electron chi connectivity index (χ3n) is 6.25. The molecule has 4 nitrogen and oxygen atoms in total. The molecule has 1 saturated carbocycles. The van der Waals surface area contributed by atoms with Crippen LogP contribution in [0.3, 0.4) is 0 Å². The first-order valence-electron chi connectivity index (χ1n) is 8.68. The number of carbonyl (C=O) groups excluding carboxylic acids is 1. The average molecular weight is 333 g/mol. The number of hydrogen-bond donors (Lipinski definition) is 0. The van der Waals surface area contributed by atoms with Gasteiger partial charge in [-0.1, -0.05) is 45.9 Å². The fourth-order valence-electron chi connectivity index (χ4n) is 4.67. The van der Waals surface area contributed by atoms with E-state index in [1.165, 1.54) is 0 Å². The standard InChI is InChI=1S/C18H28N2O2Si/c1-6-18(22-23(7-2,8-3)9-4)14-10-11-15(18)17(13(14)5)16(21)12-20-19/h6,10-15,17H,1,7-9H2,2-5H3/t13-,14-,15+,17+,18+/m1/s1. The molecule has 5 heteroatoms. The molecule has 2 aliphatic carbocycles. The lowest BCUT2D eigenvalue weighted by Gasteiger charge is -2.42. The number of hydrogen-bond acceptors (Lipinski definition) is 2. The van der Waals surface area contributed by atoms with E-state index < -0.39 is 13.9 Å². The lowest BCUT2D eigenvalue weighted by Crippen LogP contribution is -2.50. The molecule has 23 heavy (non-hydrogen) atoms. The highest BCUT2D eigenvalue weighted by atomic mass is 28.4. The Morgan fingerprint density at radius 1 is 1.30 bits per heavy atom. The number of fused-ring (bicyclic) bond motifs is 2. The van der Waals surface area contributed by atoms with Crippen molar-refractivity contribution in [1.82, 2.24) is 0 Å². The van der Waals surface area contributed by atoms with E-state index >= 15 is 0 Å². The first-order valence-corrected chi connectivity index (χ1v) is 11.2. The second-order valence-electron chi connectivity index (χ2n) is 6.87. The van der Waals surface area contributed by atoms with E-state index in [1.807, 2.05) is 6.08 Å². The van der Waals surface area contributed by atoms with E-state index in [0.29, 0.717) is 0 Å². The highest BCUT2D eigenvalue weighted by Gasteiger charge is 2.63. The monoisotopic (exact) mass is 332 g/mol. The molecule has 2 bridgehead atoms. The molecule has 5 atom stereocenters. The lowest BCUT2D eigenvalue weighted by molar-refractivity contribution is -0.121. The molecule has 0 radical (unpaired) electrons. The van der Waals surface area contributed by atoms with E-state index in [2.05, 4.69) is 51.2 Å². The lowest BCUT2D eigenvalue weighted by atomic mass is 9.82. The Hall–Kier alpha value is -1.29. The van der Waals surface area contributed by atoms with Crippen molar-refractivity contribution < 1.29 is 14.0 Å². The topological polar surface area (TPSA) is 62.7 Å². The Morgan fingerprint density at radius 3 is 2.35 bits per heavy atom. The maximum Gasteiger partial charge on any atom is 0.323 e. The van der Waals surface area contributed by atoms with Crippen LogP contribution in [-0.2, 0) is 9.22 Å². The van der Waals surface area contributed by atoms with Crippen LogP contribution in [0, 0.1) is 23.7 Å². The number of Topliss-reactive ketones (excluding diaryl/α,β-unsaturated/α-hetero) is 1. The molecule has 0 aromatic carbocycles. The highest BCUT2D eigenvalue weighted by Crippen LogP contribution is 2.58. The molecular weight excluding hydrogens is 304 g/mol. The Morgan fingerprint density at radius 2 is 1.87 bits per heavy atom. The zero-order valence-corrected chi connectivity index (χ0v) is 15.7. The molecule has 1 fully saturated rings. The molecule has 0 saturated heterocycles. The van der Waals surface area contributed by atoms with Gasteiger partial charge in [0.15, 0.2) is 8.32 Å². The van der Waals surface area contributed by atoms with E-state index in [-0.39, 0.29) is 29.5 Å². The molecule has 0 aromatic heterocycles. The predicted octanol–water partition coefficient (Wildman–Crippen LogP) is 3.87. The summed E-state index contributed by atoms with van der Waals surface area (Å²) in [7, 11) is -1.84. The molecule has 0 amide bonds. The molecule has 0 unspecified atom stereocenters. The van der Waals surface area contributed by atoms with Gasteiger partial charge in [-0.3, -0.25) is 4.79 Å². The summed E-state index contributed by atoms with van der Waals surface area (Å²) < 4.78 is 6.90. The molecule has 126 valence electrons. The van der Waals surface area contributed by atoms with Crippen LogP contribution in [0.4, 0.5) is 0 Å². The van der Waals surface area contributed by atoms with Crippen LogP contribution < -0.4 is 0 Å². The van der Waals surface area contributed by atoms with Crippen LogP contribution >= 0.6 is 0 Å². The summed E-state index contributed by atoms with van der Waals surface area (Å²) >= 11 is 0. The second-order valence-corrected chi connectivity index (χ2v) is 11.6. The summed E-state index contributed by atoms with van der Waals surface area (Å²) in [4.78, 5) is 15.3. The molecule has 0 heterocycles. The van der Waals surface area contributed by atoms with Crippen LogP contribution in [-0.4, -0.2) is 30.7 Å². The van der Waals surface area contributed by atoms with Crippen molar-refractivity contribution in [2.24, 2.45) is 23.7 Å². The van der Waals surface area contributed by atoms with Gasteiger partial charge in [-0.25, -0.2) is 0 Å². The Balaban J connectivity index is 2.42. The smallest absolute Gasteiger partial charge is 0.323 e. The predicted molar refractivity (Wildman–Crippen MR) is 94.7 cm³/mol. The van der Waals surface area contributed by atoms with Gasteiger partial charge in [0.1, 0.15) is 0 Å². The normalized spacial score (nSPS) is 35.1. The van der Waals surface area contributed by atoms with Gasteiger partial charge in [-0.15, -0.1) is 6.58 Å². The molecule has 2 rings (SSSR count). The Bertz CT molecular complexity index is 555. The van der Waals surface area contributed by atoms with Crippen molar-refractivity contribution >= 4 is 20.3 Å². The minimum Gasteiger partial charge on any atom is -0.407 e. The fourth-order valence-corrected chi connectivity index (χ4v) is 7.71. The summed E-state index contributed by atoms with van der Waals surface area (Å²) in [5, 5.41) is 0. The summed E-state index contributed by atoms with van der Waals surface area (Å²) in [6.07, 6.45) is 7.27. The van der Waals surface area contributed by atoms with E-state index in [1.54, 1.807) is 0 Å². The number of carbonyl (C=O) groups is 1. The molecule has 2 aliphatic rings. The van der Waals surface area contributed by atoms with Gasteiger partial charge in [-0.2, -0.15) is 4.79 Å². The Labute approximate surface area is 140 Å². The van der Waals surface area contributed by atoms with Gasteiger partial charge >= 0.3 is 6.21 Å². The minimum absolute atomic E-state index is 0.0120. The Kier molecular flexibility index (Phi) is 5.24. The van der Waals surface area contributed by atoms with Gasteiger partial charge in [0.05, 0.1) is 5.60 Å². The van der Waals surface area contributed by atoms with Crippen LogP contribution in [0.25, 0.3) is 5.53 Å². The fraction of sp³-hybridized carbons (Fsp3) is 0.667. The van der Waals surface area contributed by atoms with E-state index in [0.717, 1.165) is 24.3 Å². The van der Waals surface area contributed by atoms with Crippen LogP contribution in [0.2, 0.25) is 18.1 Å². The molecule has 0 aromatic rings. The van der Waals surface area contributed by atoms with Crippen molar-refractivity contribution in [3.05, 3.63) is 30.3 Å². The summed E-state index contributed by atoms with van der Waals surface area (Å²) in [6.45, 7) is 12.8. The first kappa shape index (κ1) is 18.1. The van der Waals surface area contributed by atoms with Crippen molar-refractivity contribution in [1.29, 1.82) is 0 Å². The number of rotatable bonds is 8. The quantitative estimate of drug-likeness (QED) is 0.223. The summed E-state index contributed by atoms with van der Waals surface area (Å²) in [5.74, 6) is -0.00466. The molecule has 0 spiro atoms. The zero-order valence-electron chi connectivity index (χ0n) is 14.7. The van der Waals surface area contributed by atoms with Crippen LogP contribution in [0.1, 0.15) is 27.7 Å². The zero-order chi connectivity index (χ0) is 17.3. The maximum atomic E-state index is 12.4. The summed E-state index contributed by atoms with van der Waals surface area (Å²) in [5.41, 5.74) is 8.25. The largest absolute Gasteiger partial charge is 0.407 e. The third-order valence-corrected chi connectivity index (χ3v) is 10.9. The molecule has 0 N–H and O–H groups in total. The van der Waals surface area contributed by atoms with Crippen molar-refractivity contribution in [3.8, 4) is 0 Å². The van der Waals surface area contributed by atoms with Gasteiger partial charge < -0.3 is 9.96 Å². The van der Waals surface area contributed by atoms with Crippen LogP contribution in [0.15, 0.2) is 24.8 Å². The number of ketones is 1. The summed E-state index contributed by atoms with van der Waals surface area (Å²) in [6, 6.07) is 3.21. The van der Waals surface area contributed by atoms with E-state index in [4.69, 9.17) is 9.96 Å². The van der Waals surface area contributed by atoms with Crippen LogP contribution in [0.5, 0.6) is 0 Å². The highest BCUT2D eigenvalue weighted by molar-refractivity contribution is 6.73. The average Bonchev–Trinajstić information content (AvgIpc) is 3.02. The maximum absolute atomic E-state index is 12.4. The van der Waals surface area contributed by atoms with E-state index in [9.17, 15) is 4.79 Å².